The number of anilines is 3. The van der Waals surface area contributed by atoms with E-state index in [1.807, 2.05) is 11.3 Å². The van der Waals surface area contributed by atoms with Crippen molar-refractivity contribution in [3.63, 3.8) is 0 Å². The molecule has 0 radical (unpaired) electrons. The van der Waals surface area contributed by atoms with Gasteiger partial charge in [0, 0.05) is 53.3 Å². The Morgan fingerprint density at radius 1 is 0.356 bits per heavy atom. The minimum absolute atomic E-state index is 0.882. The van der Waals surface area contributed by atoms with E-state index in [2.05, 4.69) is 217 Å². The molecule has 0 N–H and O–H groups in total. The van der Waals surface area contributed by atoms with E-state index in [4.69, 9.17) is 4.42 Å². The lowest BCUT2D eigenvalue weighted by atomic mass is 9.95. The van der Waals surface area contributed by atoms with Crippen LogP contribution in [0.3, 0.4) is 0 Å². The lowest BCUT2D eigenvalue weighted by Gasteiger charge is -2.28. The van der Waals surface area contributed by atoms with Gasteiger partial charge >= 0.3 is 0 Å². The Bertz CT molecular complexity index is 3570. The van der Waals surface area contributed by atoms with Crippen LogP contribution in [-0.4, -0.2) is 0 Å². The number of fused-ring (bicyclic) bond motifs is 9. The zero-order chi connectivity index (χ0) is 38.9. The van der Waals surface area contributed by atoms with Crippen LogP contribution in [0.15, 0.2) is 217 Å². The number of thiophene rings is 1. The van der Waals surface area contributed by atoms with Crippen LogP contribution in [0.1, 0.15) is 0 Å². The van der Waals surface area contributed by atoms with Gasteiger partial charge < -0.3 is 9.32 Å². The summed E-state index contributed by atoms with van der Waals surface area (Å²) in [5.41, 5.74) is 12.1. The fourth-order valence-electron chi connectivity index (χ4n) is 9.10. The standard InChI is InChI=1S/C56H35NOS/c1-2-14-39-34-41(27-26-36(39)12-1)40-15-9-16-43(35-40)57(42-31-28-38(29-32-42)44-20-11-25-53-55(44)48-19-6-8-24-52(48)59-53)50-22-7-5-18-46(50)47-21-10-23-51-54(47)49-33-30-37-13-3-4-17-45(37)56(49)58-51/h1-35H. The number of nitrogens with zero attached hydrogens (tertiary/aromatic N) is 1. The Labute approximate surface area is 345 Å². The van der Waals surface area contributed by atoms with Crippen molar-refractivity contribution in [1.29, 1.82) is 0 Å². The molecule has 2 aromatic heterocycles. The molecule has 2 nitrogen and oxygen atoms in total. The lowest BCUT2D eigenvalue weighted by molar-refractivity contribution is 0.673. The van der Waals surface area contributed by atoms with E-state index < -0.39 is 0 Å². The van der Waals surface area contributed by atoms with Gasteiger partial charge in [-0.25, -0.2) is 0 Å². The van der Waals surface area contributed by atoms with Crippen LogP contribution in [0.2, 0.25) is 0 Å². The van der Waals surface area contributed by atoms with Crippen molar-refractivity contribution in [1.82, 2.24) is 0 Å². The highest BCUT2D eigenvalue weighted by Crippen LogP contribution is 2.47. The number of furan rings is 1. The third-order valence-electron chi connectivity index (χ3n) is 11.8. The summed E-state index contributed by atoms with van der Waals surface area (Å²) in [6.45, 7) is 0. The quantitative estimate of drug-likeness (QED) is 0.167. The number of hydrogen-bond acceptors (Lipinski definition) is 3. The average Bonchev–Trinajstić information content (AvgIpc) is 3.89. The van der Waals surface area contributed by atoms with Crippen molar-refractivity contribution in [3.05, 3.63) is 212 Å². The van der Waals surface area contributed by atoms with Gasteiger partial charge in [0.05, 0.1) is 5.69 Å². The topological polar surface area (TPSA) is 16.4 Å². The minimum Gasteiger partial charge on any atom is -0.455 e. The first-order valence-corrected chi connectivity index (χ1v) is 20.9. The molecule has 0 amide bonds. The first kappa shape index (κ1) is 33.7. The van der Waals surface area contributed by atoms with Gasteiger partial charge in [-0.3, -0.25) is 0 Å². The van der Waals surface area contributed by atoms with Crippen LogP contribution in [0, 0.1) is 0 Å². The van der Waals surface area contributed by atoms with Crippen molar-refractivity contribution in [2.24, 2.45) is 0 Å². The summed E-state index contributed by atoms with van der Waals surface area (Å²) in [5, 5.41) is 9.63. The second kappa shape index (κ2) is 13.6. The van der Waals surface area contributed by atoms with E-state index in [-0.39, 0.29) is 0 Å². The first-order valence-electron chi connectivity index (χ1n) is 20.1. The summed E-state index contributed by atoms with van der Waals surface area (Å²) in [6, 6.07) is 77.0. The molecule has 59 heavy (non-hydrogen) atoms. The predicted octanol–water partition coefficient (Wildman–Crippen LogP) is 16.7. The third kappa shape index (κ3) is 5.55. The van der Waals surface area contributed by atoms with Crippen molar-refractivity contribution in [3.8, 4) is 33.4 Å². The van der Waals surface area contributed by atoms with Crippen LogP contribution in [0.5, 0.6) is 0 Å². The van der Waals surface area contributed by atoms with Crippen molar-refractivity contribution in [2.75, 3.05) is 4.90 Å². The van der Waals surface area contributed by atoms with Crippen LogP contribution >= 0.6 is 11.3 Å². The molecule has 0 aliphatic carbocycles. The Hall–Kier alpha value is -7.46. The number of rotatable bonds is 6. The van der Waals surface area contributed by atoms with E-state index in [0.29, 0.717) is 0 Å². The number of benzene rings is 10. The molecule has 0 aliphatic rings. The fourth-order valence-corrected chi connectivity index (χ4v) is 10.2. The van der Waals surface area contributed by atoms with Gasteiger partial charge in [-0.2, -0.15) is 0 Å². The van der Waals surface area contributed by atoms with Gasteiger partial charge in [0.2, 0.25) is 0 Å². The monoisotopic (exact) mass is 769 g/mol. The van der Waals surface area contributed by atoms with Gasteiger partial charge in [0.25, 0.3) is 0 Å². The zero-order valence-corrected chi connectivity index (χ0v) is 32.8. The molecule has 2 heterocycles. The van der Waals surface area contributed by atoms with E-state index in [1.165, 1.54) is 53.0 Å². The summed E-state index contributed by atoms with van der Waals surface area (Å²) >= 11 is 1.86. The summed E-state index contributed by atoms with van der Waals surface area (Å²) in [4.78, 5) is 2.42. The van der Waals surface area contributed by atoms with Gasteiger partial charge in [-0.05, 0) is 105 Å². The molecule has 276 valence electrons. The molecule has 0 fully saturated rings. The number of hydrogen-bond donors (Lipinski definition) is 0. The maximum Gasteiger partial charge on any atom is 0.143 e. The van der Waals surface area contributed by atoms with Crippen molar-refractivity contribution in [2.45, 2.75) is 0 Å². The molecule has 0 aliphatic heterocycles. The minimum atomic E-state index is 0.882. The van der Waals surface area contributed by atoms with Gasteiger partial charge in [0.1, 0.15) is 11.2 Å². The maximum absolute atomic E-state index is 6.69. The summed E-state index contributed by atoms with van der Waals surface area (Å²) in [6.07, 6.45) is 0. The van der Waals surface area contributed by atoms with E-state index in [1.54, 1.807) is 0 Å². The lowest BCUT2D eigenvalue weighted by Crippen LogP contribution is -2.11. The van der Waals surface area contributed by atoms with Crippen LogP contribution in [0.4, 0.5) is 17.1 Å². The van der Waals surface area contributed by atoms with Gasteiger partial charge in [-0.15, -0.1) is 11.3 Å². The van der Waals surface area contributed by atoms with Crippen LogP contribution in [-0.2, 0) is 0 Å². The Balaban J connectivity index is 1.06. The van der Waals surface area contributed by atoms with Crippen molar-refractivity contribution >= 4 is 92.1 Å². The molecule has 0 bridgehead atoms. The second-order valence-electron chi connectivity index (χ2n) is 15.2. The normalized spacial score (nSPS) is 11.7. The molecule has 0 spiro atoms. The molecule has 10 aromatic carbocycles. The second-order valence-corrected chi connectivity index (χ2v) is 16.3. The fraction of sp³-hybridized carbons (Fsp3) is 0. The molecule has 12 aromatic rings. The molecule has 0 atom stereocenters. The molecule has 12 rings (SSSR count). The SMILES string of the molecule is c1cc(-c2ccc3ccccc3c2)cc(N(c2ccc(-c3cccc4sc5ccccc5c34)cc2)c2ccccc2-c2cccc3oc4c5ccccc5ccc4c23)c1. The first-order chi connectivity index (χ1) is 29.2. The molecule has 3 heteroatoms. The molecular weight excluding hydrogens is 735 g/mol. The Morgan fingerprint density at radius 2 is 1.02 bits per heavy atom. The largest absolute Gasteiger partial charge is 0.455 e. The van der Waals surface area contributed by atoms with E-state index in [0.717, 1.165) is 61.1 Å². The maximum atomic E-state index is 6.69. The Morgan fingerprint density at radius 3 is 1.93 bits per heavy atom. The van der Waals surface area contributed by atoms with Crippen molar-refractivity contribution < 1.29 is 4.42 Å². The summed E-state index contributed by atoms with van der Waals surface area (Å²) in [7, 11) is 0. The predicted molar refractivity (Wildman–Crippen MR) is 253 cm³/mol. The number of para-hydroxylation sites is 1. The van der Waals surface area contributed by atoms with E-state index >= 15 is 0 Å². The molecular formula is C56H35NOS. The highest BCUT2D eigenvalue weighted by molar-refractivity contribution is 7.25. The third-order valence-corrected chi connectivity index (χ3v) is 13.0. The summed E-state index contributed by atoms with van der Waals surface area (Å²) < 4.78 is 9.31. The zero-order valence-electron chi connectivity index (χ0n) is 32.0. The smallest absolute Gasteiger partial charge is 0.143 e. The molecule has 0 saturated carbocycles. The Kier molecular flexibility index (Phi) is 7.75. The van der Waals surface area contributed by atoms with E-state index in [9.17, 15) is 0 Å². The highest BCUT2D eigenvalue weighted by Gasteiger charge is 2.22. The summed E-state index contributed by atoms with van der Waals surface area (Å²) in [5.74, 6) is 0. The van der Waals surface area contributed by atoms with Gasteiger partial charge in [-0.1, -0.05) is 152 Å². The average molecular weight is 770 g/mol. The molecule has 0 saturated heterocycles. The van der Waals surface area contributed by atoms with Gasteiger partial charge in [0.15, 0.2) is 0 Å². The van der Waals surface area contributed by atoms with Crippen LogP contribution < -0.4 is 4.90 Å². The van der Waals surface area contributed by atoms with Crippen LogP contribution in [0.25, 0.3) is 97.0 Å². The molecule has 0 unspecified atom stereocenters. The highest BCUT2D eigenvalue weighted by atomic mass is 32.1.